The highest BCUT2D eigenvalue weighted by Gasteiger charge is 2.59. The van der Waals surface area contributed by atoms with Crippen molar-refractivity contribution in [3.05, 3.63) is 70.6 Å². The summed E-state index contributed by atoms with van der Waals surface area (Å²) in [6.07, 6.45) is 1.42. The van der Waals surface area contributed by atoms with Gasteiger partial charge in [-0.1, -0.05) is 30.3 Å². The molecular formula is C28H33BN2O7. The van der Waals surface area contributed by atoms with Crippen LogP contribution in [0.3, 0.4) is 0 Å². The maximum atomic E-state index is 13.9. The van der Waals surface area contributed by atoms with Crippen molar-refractivity contribution in [2.24, 2.45) is 17.8 Å². The first kappa shape index (κ1) is 25.5. The number of likely N-dealkylation sites (tertiary alicyclic amines) is 2. The van der Waals surface area contributed by atoms with Crippen molar-refractivity contribution in [1.82, 2.24) is 9.80 Å². The lowest BCUT2D eigenvalue weighted by Gasteiger charge is -2.41. The van der Waals surface area contributed by atoms with E-state index >= 15 is 0 Å². The molecule has 38 heavy (non-hydrogen) atoms. The number of fused-ring (bicyclic) bond motifs is 3. The molecule has 9 nitrogen and oxygen atoms in total. The third-order valence-corrected chi connectivity index (χ3v) is 8.76. The Morgan fingerprint density at radius 1 is 0.947 bits per heavy atom. The zero-order valence-electron chi connectivity index (χ0n) is 21.2. The van der Waals surface area contributed by atoms with Crippen LogP contribution in [-0.4, -0.2) is 69.7 Å². The fourth-order valence-electron chi connectivity index (χ4n) is 6.95. The van der Waals surface area contributed by atoms with Crippen molar-refractivity contribution in [2.75, 3.05) is 19.7 Å². The molecule has 4 aliphatic rings. The van der Waals surface area contributed by atoms with Gasteiger partial charge in [-0.05, 0) is 60.3 Å². The number of carbonyl (C=O) groups excluding carboxylic acids is 2. The molecule has 0 radical (unpaired) electrons. The third kappa shape index (κ3) is 4.44. The van der Waals surface area contributed by atoms with Gasteiger partial charge >= 0.3 is 7.12 Å². The fourth-order valence-corrected chi connectivity index (χ4v) is 6.95. The minimum absolute atomic E-state index is 0.147. The summed E-state index contributed by atoms with van der Waals surface area (Å²) < 4.78 is 11.5. The molecule has 200 valence electrons. The number of piperidine rings is 1. The highest BCUT2D eigenvalue weighted by atomic mass is 16.5. The number of amides is 2. The van der Waals surface area contributed by atoms with Gasteiger partial charge in [0.05, 0.1) is 18.4 Å². The number of carbonyl (C=O) groups is 2. The van der Waals surface area contributed by atoms with Crippen molar-refractivity contribution >= 4 is 18.9 Å². The van der Waals surface area contributed by atoms with E-state index in [0.29, 0.717) is 29.0 Å². The van der Waals surface area contributed by atoms with Crippen molar-refractivity contribution in [3.8, 4) is 0 Å². The number of nitrogens with zero attached hydrogens (tertiary/aromatic N) is 2. The summed E-state index contributed by atoms with van der Waals surface area (Å²) in [4.78, 5) is 31.4. The summed E-state index contributed by atoms with van der Waals surface area (Å²) in [6.45, 7) is 1.91. The molecule has 2 aromatic rings. The van der Waals surface area contributed by atoms with Crippen molar-refractivity contribution in [3.63, 3.8) is 0 Å². The van der Waals surface area contributed by atoms with Crippen LogP contribution in [0.15, 0.2) is 57.9 Å². The maximum absolute atomic E-state index is 13.9. The van der Waals surface area contributed by atoms with Crippen LogP contribution in [0.2, 0.25) is 0 Å². The molecule has 4 atom stereocenters. The standard InChI is InChI=1S/C28H33BN2O7/c32-15-18-12-22-25(21-13-24(38-29(36)26(18)21)23-7-6-20(16-33)37-23)28(35)31(27(22)34)19-8-10-30(11-9-19)14-17-4-2-1-3-5-17/h1-7,19,21-22,24-25,32-33,36H,8-16H2/t21-,22-,24-,25+/m0/s1. The van der Waals surface area contributed by atoms with Crippen LogP contribution < -0.4 is 0 Å². The summed E-state index contributed by atoms with van der Waals surface area (Å²) in [7, 11) is -1.30. The van der Waals surface area contributed by atoms with E-state index in [1.165, 1.54) is 10.5 Å². The number of hydrogen-bond acceptors (Lipinski definition) is 8. The number of rotatable bonds is 6. The molecule has 1 aliphatic carbocycles. The first-order valence-electron chi connectivity index (χ1n) is 13.5. The second kappa shape index (κ2) is 10.4. The van der Waals surface area contributed by atoms with E-state index in [9.17, 15) is 24.8 Å². The average molecular weight is 520 g/mol. The van der Waals surface area contributed by atoms with Crippen LogP contribution >= 0.6 is 0 Å². The molecule has 3 N–H and O–H groups in total. The van der Waals surface area contributed by atoms with Gasteiger partial charge in [-0.2, -0.15) is 0 Å². The number of hydrogen-bond donors (Lipinski definition) is 3. The normalized spacial score (nSPS) is 28.7. The Bertz CT molecular complexity index is 1220. The lowest BCUT2D eigenvalue weighted by atomic mass is 9.55. The Balaban J connectivity index is 1.21. The molecule has 3 aliphatic heterocycles. The molecule has 10 heteroatoms. The fraction of sp³-hybridized carbons (Fsp3) is 0.500. The quantitative estimate of drug-likeness (QED) is 0.390. The SMILES string of the molecule is O=C1[C@H]2[C@H](CC(CO)=C3B(O)O[C@H](c4ccc(CO)o4)C[C@H]32)C(=O)N1C1CCN(Cc2ccccc2)CC1. The van der Waals surface area contributed by atoms with E-state index in [-0.39, 0.29) is 37.5 Å². The monoisotopic (exact) mass is 520 g/mol. The summed E-state index contributed by atoms with van der Waals surface area (Å²) in [6, 6.07) is 13.5. The van der Waals surface area contributed by atoms with E-state index in [2.05, 4.69) is 17.0 Å². The zero-order valence-corrected chi connectivity index (χ0v) is 21.2. The number of aliphatic hydroxyl groups is 2. The summed E-state index contributed by atoms with van der Waals surface area (Å²) in [5.74, 6) is -1.08. The molecule has 0 bridgehead atoms. The topological polar surface area (TPSA) is 124 Å². The molecule has 2 amide bonds. The lowest BCUT2D eigenvalue weighted by Crippen LogP contribution is -2.48. The molecule has 1 aromatic heterocycles. The molecule has 3 saturated heterocycles. The van der Waals surface area contributed by atoms with Crippen LogP contribution in [0.5, 0.6) is 0 Å². The first-order chi connectivity index (χ1) is 18.5. The largest absolute Gasteiger partial charge is 0.487 e. The van der Waals surface area contributed by atoms with Gasteiger partial charge in [0.15, 0.2) is 0 Å². The third-order valence-electron chi connectivity index (χ3n) is 8.76. The van der Waals surface area contributed by atoms with E-state index in [1.807, 2.05) is 18.2 Å². The van der Waals surface area contributed by atoms with E-state index < -0.39 is 31.0 Å². The van der Waals surface area contributed by atoms with Crippen LogP contribution in [0.1, 0.15) is 48.9 Å². The summed E-state index contributed by atoms with van der Waals surface area (Å²) >= 11 is 0. The average Bonchev–Trinajstić information content (AvgIpc) is 3.52. The van der Waals surface area contributed by atoms with Gasteiger partial charge in [-0.15, -0.1) is 0 Å². The Kier molecular flexibility index (Phi) is 7.00. The Hall–Kier alpha value is -2.76. The van der Waals surface area contributed by atoms with Gasteiger partial charge in [0.25, 0.3) is 0 Å². The van der Waals surface area contributed by atoms with Gasteiger partial charge < -0.3 is 24.3 Å². The van der Waals surface area contributed by atoms with Gasteiger partial charge in [-0.3, -0.25) is 19.4 Å². The predicted molar refractivity (Wildman–Crippen MR) is 137 cm³/mol. The van der Waals surface area contributed by atoms with Crippen LogP contribution in [0.4, 0.5) is 0 Å². The summed E-state index contributed by atoms with van der Waals surface area (Å²) in [5, 5.41) is 30.4. The number of aliphatic hydroxyl groups excluding tert-OH is 2. The molecule has 6 rings (SSSR count). The first-order valence-corrected chi connectivity index (χ1v) is 13.5. The number of furan rings is 1. The molecule has 4 heterocycles. The smallest absolute Gasteiger partial charge is 0.461 e. The zero-order chi connectivity index (χ0) is 26.4. The summed E-state index contributed by atoms with van der Waals surface area (Å²) in [5.41, 5.74) is 2.36. The Morgan fingerprint density at radius 3 is 2.39 bits per heavy atom. The second-order valence-corrected chi connectivity index (χ2v) is 10.9. The van der Waals surface area contributed by atoms with Crippen molar-refractivity contribution < 1.29 is 33.9 Å². The minimum atomic E-state index is -1.30. The molecule has 0 unspecified atom stereocenters. The number of allylic oxidation sites excluding steroid dienone is 1. The molecule has 1 aromatic carbocycles. The predicted octanol–water partition coefficient (Wildman–Crippen LogP) is 1.83. The van der Waals surface area contributed by atoms with Crippen molar-refractivity contribution in [2.45, 2.75) is 51.0 Å². The van der Waals surface area contributed by atoms with Gasteiger partial charge in [0, 0.05) is 25.7 Å². The number of imide groups is 1. The van der Waals surface area contributed by atoms with Crippen LogP contribution in [-0.2, 0) is 27.4 Å². The lowest BCUT2D eigenvalue weighted by molar-refractivity contribution is -0.144. The van der Waals surface area contributed by atoms with Gasteiger partial charge in [0.1, 0.15) is 24.2 Å². The highest BCUT2D eigenvalue weighted by molar-refractivity contribution is 6.53. The van der Waals surface area contributed by atoms with Crippen molar-refractivity contribution in [1.29, 1.82) is 0 Å². The minimum Gasteiger partial charge on any atom is -0.461 e. The second-order valence-electron chi connectivity index (χ2n) is 10.9. The Morgan fingerprint density at radius 2 is 1.71 bits per heavy atom. The van der Waals surface area contributed by atoms with E-state index in [0.717, 1.165) is 32.5 Å². The highest BCUT2D eigenvalue weighted by Crippen LogP contribution is 2.52. The van der Waals surface area contributed by atoms with Crippen LogP contribution in [0, 0.1) is 17.8 Å². The Labute approximate surface area is 221 Å². The molecule has 0 spiro atoms. The maximum Gasteiger partial charge on any atom is 0.487 e. The number of benzene rings is 1. The molecular weight excluding hydrogens is 487 g/mol. The van der Waals surface area contributed by atoms with Gasteiger partial charge in [0.2, 0.25) is 11.8 Å². The van der Waals surface area contributed by atoms with E-state index in [4.69, 9.17) is 9.07 Å². The van der Waals surface area contributed by atoms with E-state index in [1.54, 1.807) is 12.1 Å². The van der Waals surface area contributed by atoms with Crippen LogP contribution in [0.25, 0.3) is 0 Å². The van der Waals surface area contributed by atoms with Gasteiger partial charge in [-0.25, -0.2) is 0 Å². The molecule has 0 saturated carbocycles. The molecule has 3 fully saturated rings.